The van der Waals surface area contributed by atoms with Gasteiger partial charge in [0.2, 0.25) is 11.0 Å². The molecule has 4 N–H and O–H groups in total. The van der Waals surface area contributed by atoms with E-state index in [9.17, 15) is 9.59 Å². The molecule has 8 nitrogen and oxygen atoms in total. The predicted octanol–water partition coefficient (Wildman–Crippen LogP) is 3.51. The Morgan fingerprint density at radius 1 is 1.24 bits per heavy atom. The Labute approximate surface area is 179 Å². The Kier molecular flexibility index (Phi) is 6.16. The average molecular weight is 450 g/mol. The van der Waals surface area contributed by atoms with Crippen LogP contribution in [-0.2, 0) is 24.2 Å². The molecule has 0 spiro atoms. The molecule has 0 radical (unpaired) electrons. The number of nitrogens with zero attached hydrogens (tertiary/aromatic N) is 2. The average Bonchev–Trinajstić information content (AvgIpc) is 3.43. The largest absolute Gasteiger partial charge is 0.467 e. The van der Waals surface area contributed by atoms with Gasteiger partial charge in [0.15, 0.2) is 4.34 Å². The lowest BCUT2D eigenvalue weighted by molar-refractivity contribution is -0.113. The van der Waals surface area contributed by atoms with E-state index in [-0.39, 0.29) is 11.7 Å². The number of anilines is 2. The summed E-state index contributed by atoms with van der Waals surface area (Å²) >= 11 is 4.13. The van der Waals surface area contributed by atoms with E-state index in [1.54, 1.807) is 6.26 Å². The van der Waals surface area contributed by atoms with E-state index in [1.165, 1.54) is 34.4 Å². The smallest absolute Gasteiger partial charge is 0.251 e. The van der Waals surface area contributed by atoms with Crippen LogP contribution in [0, 0.1) is 0 Å². The number of thioether (sulfide) groups is 1. The second-order valence-corrected chi connectivity index (χ2v) is 9.73. The van der Waals surface area contributed by atoms with Gasteiger partial charge in [-0.15, -0.1) is 21.5 Å². The van der Waals surface area contributed by atoms with Gasteiger partial charge in [-0.05, 0) is 43.4 Å². The lowest BCUT2D eigenvalue weighted by atomic mass is 9.95. The maximum absolute atomic E-state index is 12.4. The molecular weight excluding hydrogens is 430 g/mol. The molecule has 3 aromatic rings. The van der Waals surface area contributed by atoms with Crippen LogP contribution in [0.2, 0.25) is 0 Å². The summed E-state index contributed by atoms with van der Waals surface area (Å²) in [5.74, 6) is 0.297. The van der Waals surface area contributed by atoms with Crippen molar-refractivity contribution in [2.75, 3.05) is 16.4 Å². The van der Waals surface area contributed by atoms with E-state index in [2.05, 4.69) is 20.8 Å². The van der Waals surface area contributed by atoms with Crippen molar-refractivity contribution < 1.29 is 14.0 Å². The molecule has 0 aliphatic heterocycles. The molecule has 0 aromatic carbocycles. The van der Waals surface area contributed by atoms with Crippen LogP contribution in [0.15, 0.2) is 27.2 Å². The summed E-state index contributed by atoms with van der Waals surface area (Å²) in [6.45, 7) is 0.520. The molecule has 0 atom stereocenters. The van der Waals surface area contributed by atoms with Crippen molar-refractivity contribution in [3.05, 3.63) is 40.2 Å². The van der Waals surface area contributed by atoms with E-state index in [0.717, 1.165) is 41.9 Å². The number of rotatable bonds is 8. The van der Waals surface area contributed by atoms with Gasteiger partial charge < -0.3 is 20.8 Å². The van der Waals surface area contributed by atoms with Gasteiger partial charge in [0, 0.05) is 4.88 Å². The standard InChI is InChI=1S/C18H19N5O3S3/c19-15(25)14-11-5-1-2-6-12(11)28-16(14)21-13(24)9-27-18-23-22-17(29-18)20-8-10-4-3-7-26-10/h3-4,7H,1-2,5-6,8-9H2,(H2,19,25)(H,20,22)(H,21,24). The Bertz CT molecular complexity index is 1010. The maximum Gasteiger partial charge on any atom is 0.251 e. The molecule has 0 saturated carbocycles. The summed E-state index contributed by atoms with van der Waals surface area (Å²) in [5, 5.41) is 15.4. The first kappa shape index (κ1) is 19.9. The summed E-state index contributed by atoms with van der Waals surface area (Å²) in [7, 11) is 0. The number of nitrogens with two attached hydrogens (primary N) is 1. The summed E-state index contributed by atoms with van der Waals surface area (Å²) < 4.78 is 5.94. The molecule has 11 heteroatoms. The molecule has 3 heterocycles. The van der Waals surface area contributed by atoms with Gasteiger partial charge in [-0.1, -0.05) is 23.1 Å². The zero-order chi connectivity index (χ0) is 20.2. The van der Waals surface area contributed by atoms with Crippen LogP contribution in [0.3, 0.4) is 0 Å². The molecule has 2 amide bonds. The monoisotopic (exact) mass is 449 g/mol. The molecule has 3 aromatic heterocycles. The van der Waals surface area contributed by atoms with Crippen molar-refractivity contribution in [1.82, 2.24) is 10.2 Å². The quantitative estimate of drug-likeness (QED) is 0.450. The predicted molar refractivity (Wildman–Crippen MR) is 115 cm³/mol. The topological polar surface area (TPSA) is 123 Å². The summed E-state index contributed by atoms with van der Waals surface area (Å²) in [4.78, 5) is 25.5. The van der Waals surface area contributed by atoms with Crippen LogP contribution in [-0.4, -0.2) is 27.8 Å². The van der Waals surface area contributed by atoms with E-state index >= 15 is 0 Å². The highest BCUT2D eigenvalue weighted by Crippen LogP contribution is 2.38. The van der Waals surface area contributed by atoms with Gasteiger partial charge in [0.25, 0.3) is 5.91 Å². The Morgan fingerprint density at radius 3 is 2.90 bits per heavy atom. The number of hydrogen-bond acceptors (Lipinski definition) is 9. The van der Waals surface area contributed by atoms with Gasteiger partial charge >= 0.3 is 0 Å². The molecule has 1 aliphatic carbocycles. The van der Waals surface area contributed by atoms with Crippen LogP contribution in [0.1, 0.15) is 39.4 Å². The second-order valence-electron chi connectivity index (χ2n) is 6.42. The highest BCUT2D eigenvalue weighted by molar-refractivity contribution is 8.01. The van der Waals surface area contributed by atoms with Crippen molar-refractivity contribution in [2.24, 2.45) is 5.73 Å². The summed E-state index contributed by atoms with van der Waals surface area (Å²) in [6, 6.07) is 3.70. The first-order valence-electron chi connectivity index (χ1n) is 9.07. The molecule has 0 saturated heterocycles. The normalized spacial score (nSPS) is 13.1. The van der Waals surface area contributed by atoms with Crippen molar-refractivity contribution in [1.29, 1.82) is 0 Å². The third-order valence-electron chi connectivity index (χ3n) is 4.40. The summed E-state index contributed by atoms with van der Waals surface area (Å²) in [6.07, 6.45) is 5.53. The zero-order valence-corrected chi connectivity index (χ0v) is 17.8. The Hall–Kier alpha value is -2.37. The van der Waals surface area contributed by atoms with Crippen LogP contribution >= 0.6 is 34.4 Å². The van der Waals surface area contributed by atoms with Gasteiger partial charge in [-0.2, -0.15) is 0 Å². The van der Waals surface area contributed by atoms with Crippen molar-refractivity contribution in [3.8, 4) is 0 Å². The number of hydrogen-bond donors (Lipinski definition) is 3. The molecule has 0 unspecified atom stereocenters. The van der Waals surface area contributed by atoms with E-state index in [0.29, 0.717) is 26.6 Å². The van der Waals surface area contributed by atoms with Crippen molar-refractivity contribution in [2.45, 2.75) is 36.6 Å². The van der Waals surface area contributed by atoms with E-state index < -0.39 is 5.91 Å². The highest BCUT2D eigenvalue weighted by Gasteiger charge is 2.25. The van der Waals surface area contributed by atoms with Crippen molar-refractivity contribution >= 4 is 56.4 Å². The van der Waals surface area contributed by atoms with Gasteiger partial charge in [0.05, 0.1) is 24.1 Å². The highest BCUT2D eigenvalue weighted by atomic mass is 32.2. The Balaban J connectivity index is 1.33. The number of amides is 2. The first-order chi connectivity index (χ1) is 14.1. The number of carbonyl (C=O) groups is 2. The van der Waals surface area contributed by atoms with Crippen LogP contribution in [0.5, 0.6) is 0 Å². The van der Waals surface area contributed by atoms with E-state index in [4.69, 9.17) is 10.2 Å². The third kappa shape index (κ3) is 4.80. The molecule has 4 rings (SSSR count). The lowest BCUT2D eigenvalue weighted by Gasteiger charge is -2.11. The van der Waals surface area contributed by atoms with E-state index in [1.807, 2.05) is 12.1 Å². The molecule has 0 bridgehead atoms. The number of carbonyl (C=O) groups excluding carboxylic acids is 2. The van der Waals surface area contributed by atoms with Crippen molar-refractivity contribution in [3.63, 3.8) is 0 Å². The van der Waals surface area contributed by atoms with Crippen LogP contribution in [0.25, 0.3) is 0 Å². The molecule has 152 valence electrons. The molecule has 1 aliphatic rings. The number of thiophene rings is 1. The first-order valence-corrected chi connectivity index (χ1v) is 11.7. The number of nitrogens with one attached hydrogen (secondary N) is 2. The number of primary amides is 1. The third-order valence-corrected chi connectivity index (χ3v) is 7.62. The SMILES string of the molecule is NC(=O)c1c(NC(=O)CSc2nnc(NCc3ccco3)s2)sc2c1CCCC2. The second kappa shape index (κ2) is 8.97. The fraction of sp³-hybridized carbons (Fsp3) is 0.333. The fourth-order valence-electron chi connectivity index (χ4n) is 3.12. The van der Waals surface area contributed by atoms with Crippen LogP contribution < -0.4 is 16.4 Å². The molecular formula is C18H19N5O3S3. The van der Waals surface area contributed by atoms with Gasteiger partial charge in [-0.25, -0.2) is 0 Å². The lowest BCUT2D eigenvalue weighted by Crippen LogP contribution is -2.19. The van der Waals surface area contributed by atoms with Gasteiger partial charge in [-0.3, -0.25) is 9.59 Å². The maximum atomic E-state index is 12.4. The number of furan rings is 1. The zero-order valence-electron chi connectivity index (χ0n) is 15.4. The fourth-order valence-corrected chi connectivity index (χ4v) is 5.98. The van der Waals surface area contributed by atoms with Gasteiger partial charge in [0.1, 0.15) is 10.8 Å². The molecule has 0 fully saturated rings. The van der Waals surface area contributed by atoms with Crippen LogP contribution in [0.4, 0.5) is 10.1 Å². The Morgan fingerprint density at radius 2 is 2.10 bits per heavy atom. The number of aromatic nitrogens is 2. The minimum atomic E-state index is -0.483. The summed E-state index contributed by atoms with van der Waals surface area (Å²) in [5.41, 5.74) is 7.05. The minimum absolute atomic E-state index is 0.174. The number of fused-ring (bicyclic) bond motifs is 1. The number of aryl methyl sites for hydroxylation is 1. The molecule has 29 heavy (non-hydrogen) atoms. The minimum Gasteiger partial charge on any atom is -0.467 e.